The van der Waals surface area contributed by atoms with E-state index in [1.165, 1.54) is 38.2 Å². The van der Waals surface area contributed by atoms with Gasteiger partial charge in [-0.15, -0.1) is 0 Å². The lowest BCUT2D eigenvalue weighted by Crippen LogP contribution is -2.38. The first-order valence-corrected chi connectivity index (χ1v) is 11.5. The fraction of sp³-hybridized carbons (Fsp3) is 0.364. The smallest absolute Gasteiger partial charge is 0.243 e. The molecule has 1 N–H and O–H groups in total. The fourth-order valence-corrected chi connectivity index (χ4v) is 4.36. The van der Waals surface area contributed by atoms with Gasteiger partial charge >= 0.3 is 0 Å². The largest absolute Gasteiger partial charge is 0.378 e. The summed E-state index contributed by atoms with van der Waals surface area (Å²) in [6, 6.07) is 13.6. The molecular formula is C22H27N3O5S. The predicted molar refractivity (Wildman–Crippen MR) is 118 cm³/mol. The number of benzene rings is 2. The Bertz CT molecular complexity index is 1010. The van der Waals surface area contributed by atoms with Gasteiger partial charge in [0.25, 0.3) is 0 Å². The summed E-state index contributed by atoms with van der Waals surface area (Å²) in [5.74, 6) is -0.543. The molecular weight excluding hydrogens is 418 g/mol. The Morgan fingerprint density at radius 3 is 2.23 bits per heavy atom. The van der Waals surface area contributed by atoms with Gasteiger partial charge in [-0.1, -0.05) is 24.3 Å². The van der Waals surface area contributed by atoms with Crippen molar-refractivity contribution in [3.63, 3.8) is 0 Å². The van der Waals surface area contributed by atoms with Crippen LogP contribution in [0.25, 0.3) is 0 Å². The summed E-state index contributed by atoms with van der Waals surface area (Å²) in [5, 5.41) is 2.75. The number of hydrogen-bond donors (Lipinski definition) is 1. The Kier molecular flexibility index (Phi) is 7.42. The Morgan fingerprint density at radius 2 is 1.65 bits per heavy atom. The number of carbonyl (C=O) groups excluding carboxylic acids is 2. The highest BCUT2D eigenvalue weighted by atomic mass is 32.2. The molecule has 2 aromatic carbocycles. The zero-order valence-corrected chi connectivity index (χ0v) is 18.5. The highest BCUT2D eigenvalue weighted by Crippen LogP contribution is 2.17. The van der Waals surface area contributed by atoms with Crippen molar-refractivity contribution >= 4 is 27.4 Å². The van der Waals surface area contributed by atoms with E-state index in [0.29, 0.717) is 12.1 Å². The summed E-state index contributed by atoms with van der Waals surface area (Å²) in [6.45, 7) is 4.56. The van der Waals surface area contributed by atoms with Crippen molar-refractivity contribution in [3.05, 3.63) is 59.7 Å². The molecule has 31 heavy (non-hydrogen) atoms. The molecule has 8 nitrogen and oxygen atoms in total. The molecule has 9 heteroatoms. The number of ether oxygens (including phenoxy) is 1. The van der Waals surface area contributed by atoms with Crippen LogP contribution < -0.4 is 10.2 Å². The summed E-state index contributed by atoms with van der Waals surface area (Å²) in [6.07, 6.45) is 0. The normalized spacial score (nSPS) is 14.5. The molecule has 0 bridgehead atoms. The summed E-state index contributed by atoms with van der Waals surface area (Å²) in [4.78, 5) is 25.9. The maximum atomic E-state index is 12.7. The van der Waals surface area contributed by atoms with Gasteiger partial charge in [0.05, 0.1) is 24.7 Å². The Labute approximate surface area is 182 Å². The SMILES string of the molecule is CC(=O)c1ccc(S(=O)(=O)N(C)CC(=O)NCc2ccc(N3CCOCC3)cc2)cc1. The summed E-state index contributed by atoms with van der Waals surface area (Å²) >= 11 is 0. The van der Waals surface area contributed by atoms with Crippen LogP contribution in [0.15, 0.2) is 53.4 Å². The number of Topliss-reactive ketones (excluding diaryl/α,β-unsaturated/α-hetero) is 1. The van der Waals surface area contributed by atoms with Crippen LogP contribution in [-0.2, 0) is 26.1 Å². The van der Waals surface area contributed by atoms with E-state index < -0.39 is 15.9 Å². The highest BCUT2D eigenvalue weighted by Gasteiger charge is 2.23. The van der Waals surface area contributed by atoms with E-state index in [-0.39, 0.29) is 17.2 Å². The average molecular weight is 446 g/mol. The van der Waals surface area contributed by atoms with Crippen molar-refractivity contribution in [1.29, 1.82) is 0 Å². The number of morpholine rings is 1. The van der Waals surface area contributed by atoms with Crippen molar-refractivity contribution < 1.29 is 22.7 Å². The minimum atomic E-state index is -3.83. The van der Waals surface area contributed by atoms with Gasteiger partial charge < -0.3 is 15.0 Å². The Hall–Kier alpha value is -2.75. The molecule has 1 aliphatic heterocycles. The molecule has 0 aromatic heterocycles. The molecule has 0 atom stereocenters. The van der Waals surface area contributed by atoms with Crippen LogP contribution in [0.3, 0.4) is 0 Å². The van der Waals surface area contributed by atoms with Crippen LogP contribution in [-0.4, -0.2) is 64.3 Å². The van der Waals surface area contributed by atoms with Crippen molar-refractivity contribution in [1.82, 2.24) is 9.62 Å². The van der Waals surface area contributed by atoms with Crippen molar-refractivity contribution in [3.8, 4) is 0 Å². The lowest BCUT2D eigenvalue weighted by molar-refractivity contribution is -0.121. The van der Waals surface area contributed by atoms with E-state index in [1.807, 2.05) is 24.3 Å². The predicted octanol–water partition coefficient (Wildman–Crippen LogP) is 1.66. The number of ketones is 1. The van der Waals surface area contributed by atoms with Gasteiger partial charge in [0.2, 0.25) is 15.9 Å². The minimum absolute atomic E-state index is 0.0338. The van der Waals surface area contributed by atoms with Gasteiger partial charge in [-0.05, 0) is 36.8 Å². The van der Waals surface area contributed by atoms with Crippen molar-refractivity contribution in [2.75, 3.05) is 44.8 Å². The van der Waals surface area contributed by atoms with E-state index in [4.69, 9.17) is 4.74 Å². The number of sulfonamides is 1. The zero-order chi connectivity index (χ0) is 22.4. The number of nitrogens with zero attached hydrogens (tertiary/aromatic N) is 2. The Balaban J connectivity index is 1.53. The Morgan fingerprint density at radius 1 is 1.03 bits per heavy atom. The van der Waals surface area contributed by atoms with Crippen LogP contribution in [0.4, 0.5) is 5.69 Å². The molecule has 0 radical (unpaired) electrons. The van der Waals surface area contributed by atoms with E-state index >= 15 is 0 Å². The molecule has 166 valence electrons. The van der Waals surface area contributed by atoms with Gasteiger partial charge in [-0.2, -0.15) is 4.31 Å². The second-order valence-electron chi connectivity index (χ2n) is 7.38. The van der Waals surface area contributed by atoms with Crippen molar-refractivity contribution in [2.45, 2.75) is 18.4 Å². The number of carbonyl (C=O) groups is 2. The third kappa shape index (κ3) is 5.90. The summed E-state index contributed by atoms with van der Waals surface area (Å²) in [5.41, 5.74) is 2.47. The van der Waals surface area contributed by atoms with Crippen LogP contribution in [0.1, 0.15) is 22.8 Å². The maximum absolute atomic E-state index is 12.7. The zero-order valence-electron chi connectivity index (χ0n) is 17.7. The number of rotatable bonds is 8. The summed E-state index contributed by atoms with van der Waals surface area (Å²) in [7, 11) is -2.48. The third-order valence-corrected chi connectivity index (χ3v) is 6.96. The lowest BCUT2D eigenvalue weighted by Gasteiger charge is -2.28. The van der Waals surface area contributed by atoms with E-state index in [9.17, 15) is 18.0 Å². The molecule has 1 heterocycles. The second-order valence-corrected chi connectivity index (χ2v) is 9.43. The molecule has 1 fully saturated rings. The topological polar surface area (TPSA) is 96.0 Å². The summed E-state index contributed by atoms with van der Waals surface area (Å²) < 4.78 is 31.7. The molecule has 0 spiro atoms. The first-order chi connectivity index (χ1) is 14.8. The first kappa shape index (κ1) is 22.9. The van der Waals surface area contributed by atoms with E-state index in [0.717, 1.165) is 41.9 Å². The maximum Gasteiger partial charge on any atom is 0.243 e. The van der Waals surface area contributed by atoms with Gasteiger partial charge in [-0.25, -0.2) is 8.42 Å². The van der Waals surface area contributed by atoms with Crippen molar-refractivity contribution in [2.24, 2.45) is 0 Å². The quantitative estimate of drug-likeness (QED) is 0.621. The number of amides is 1. The van der Waals surface area contributed by atoms with E-state index in [2.05, 4.69) is 10.2 Å². The van der Waals surface area contributed by atoms with Crippen LogP contribution >= 0.6 is 0 Å². The van der Waals surface area contributed by atoms with Gasteiger partial charge in [-0.3, -0.25) is 9.59 Å². The fourth-order valence-electron chi connectivity index (χ4n) is 3.23. The number of likely N-dealkylation sites (N-methyl/N-ethyl adjacent to an activating group) is 1. The number of nitrogens with one attached hydrogen (secondary N) is 1. The van der Waals surface area contributed by atoms with E-state index in [1.54, 1.807) is 0 Å². The lowest BCUT2D eigenvalue weighted by atomic mass is 10.2. The molecule has 2 aromatic rings. The number of anilines is 1. The molecule has 0 saturated carbocycles. The van der Waals surface area contributed by atoms with Gasteiger partial charge in [0.1, 0.15) is 0 Å². The molecule has 1 saturated heterocycles. The standard InChI is InChI=1S/C22H27N3O5S/c1-17(26)19-5-9-21(10-6-19)31(28,29)24(2)16-22(27)23-15-18-3-7-20(8-4-18)25-11-13-30-14-12-25/h3-10H,11-16H2,1-2H3,(H,23,27). The monoisotopic (exact) mass is 445 g/mol. The first-order valence-electron chi connectivity index (χ1n) is 10.0. The van der Waals surface area contributed by atoms with Gasteiger partial charge in [0.15, 0.2) is 5.78 Å². The van der Waals surface area contributed by atoms with Crippen LogP contribution in [0.5, 0.6) is 0 Å². The average Bonchev–Trinajstić information content (AvgIpc) is 2.78. The molecule has 3 rings (SSSR count). The second kappa shape index (κ2) is 10.0. The number of hydrogen-bond acceptors (Lipinski definition) is 6. The molecule has 1 amide bonds. The van der Waals surface area contributed by atoms with Crippen LogP contribution in [0, 0.1) is 0 Å². The van der Waals surface area contributed by atoms with Gasteiger partial charge in [0, 0.05) is 37.9 Å². The molecule has 1 aliphatic rings. The minimum Gasteiger partial charge on any atom is -0.378 e. The third-order valence-electron chi connectivity index (χ3n) is 5.14. The highest BCUT2D eigenvalue weighted by molar-refractivity contribution is 7.89. The molecule has 0 unspecified atom stereocenters. The molecule has 0 aliphatic carbocycles. The van der Waals surface area contributed by atoms with Crippen LogP contribution in [0.2, 0.25) is 0 Å².